The summed E-state index contributed by atoms with van der Waals surface area (Å²) in [5, 5.41) is -0.0594. The normalized spacial score (nSPS) is 27.7. The van der Waals surface area contributed by atoms with Crippen LogP contribution in [0.3, 0.4) is 0 Å². The minimum Gasteiger partial charge on any atom is -0.457 e. The zero-order chi connectivity index (χ0) is 51.2. The zero-order valence-corrected chi connectivity index (χ0v) is 51.1. The molecule has 2 rings (SSSR count). The molecule has 2 aliphatic heterocycles. The van der Waals surface area contributed by atoms with Gasteiger partial charge in [-0.05, 0) is 124 Å². The van der Waals surface area contributed by atoms with Crippen molar-refractivity contribution in [1.29, 1.82) is 0 Å². The fourth-order valence-corrected chi connectivity index (χ4v) is 20.9. The molecule has 2 aliphatic rings. The number of carbonyl (C=O) groups is 2. The highest BCUT2D eigenvalue weighted by atomic mass is 28.4. The molecule has 0 spiro atoms. The Balaban J connectivity index is 2.68. The third-order valence-corrected chi connectivity index (χ3v) is 35.7. The molecule has 10 atom stereocenters. The first-order valence-corrected chi connectivity index (χ1v) is 37.5. The lowest BCUT2D eigenvalue weighted by atomic mass is 9.88. The van der Waals surface area contributed by atoms with Crippen LogP contribution in [0, 0.1) is 11.8 Å². The van der Waals surface area contributed by atoms with Crippen molar-refractivity contribution in [3.05, 3.63) is 36.0 Å². The van der Waals surface area contributed by atoms with Crippen LogP contribution in [-0.4, -0.2) is 93.0 Å². The summed E-state index contributed by atoms with van der Waals surface area (Å²) < 4.78 is 48.2. The van der Waals surface area contributed by atoms with E-state index in [0.717, 1.165) is 72.8 Å². The topological polar surface area (TPSA) is 102 Å². The number of ether oxygens (including phenoxy) is 3. The van der Waals surface area contributed by atoms with E-state index >= 15 is 0 Å². The summed E-state index contributed by atoms with van der Waals surface area (Å²) in [7, 11) is -8.32. The molecule has 0 amide bonds. The summed E-state index contributed by atoms with van der Waals surface area (Å²) >= 11 is 0. The van der Waals surface area contributed by atoms with E-state index in [4.69, 9.17) is 31.9 Å². The molecule has 2 heterocycles. The first-order chi connectivity index (χ1) is 31.1. The van der Waals surface area contributed by atoms with Crippen molar-refractivity contribution in [2.45, 2.75) is 284 Å². The lowest BCUT2D eigenvalue weighted by Gasteiger charge is -2.45. The fourth-order valence-electron chi connectivity index (χ4n) is 10.3. The Morgan fingerprint density at radius 3 is 1.87 bits per heavy atom. The Kier molecular flexibility index (Phi) is 24.5. The molecule has 0 aromatic rings. The average Bonchev–Trinajstić information content (AvgIpc) is 4.05. The van der Waals surface area contributed by atoms with Crippen LogP contribution in [0.5, 0.6) is 0 Å². The average molecular weight is 1010 g/mol. The van der Waals surface area contributed by atoms with Crippen LogP contribution in [0.1, 0.15) is 164 Å². The minimum absolute atomic E-state index is 0.0594. The number of carbonyl (C=O) groups excluding carboxylic acids is 2. The number of epoxide rings is 1. The number of cyclic esters (lactones) is 1. The van der Waals surface area contributed by atoms with Gasteiger partial charge in [0.1, 0.15) is 12.2 Å². The summed E-state index contributed by atoms with van der Waals surface area (Å²) in [5.74, 6) is -0.576. The molecule has 390 valence electrons. The van der Waals surface area contributed by atoms with Crippen molar-refractivity contribution in [1.82, 2.24) is 0 Å². The van der Waals surface area contributed by atoms with Gasteiger partial charge in [0.25, 0.3) is 0 Å². The minimum atomic E-state index is -2.31. The molecule has 13 heteroatoms. The Morgan fingerprint density at radius 2 is 1.39 bits per heavy atom. The summed E-state index contributed by atoms with van der Waals surface area (Å²) in [6.07, 6.45) is 12.3. The summed E-state index contributed by atoms with van der Waals surface area (Å²) in [5.41, 5.74) is -0.465. The first-order valence-electron chi connectivity index (χ1n) is 27.0. The van der Waals surface area contributed by atoms with Crippen molar-refractivity contribution in [2.24, 2.45) is 11.8 Å². The van der Waals surface area contributed by atoms with Crippen LogP contribution in [0.2, 0.25) is 72.5 Å². The standard InChI is InChI=1S/C54H104O9Si4/c1-22-46(61-65(23-2,24-3)25-4)43(13)51-47(58-51)40-53(18,62-66(26-5,27-6)28-7)37-32-33-41(11)50-42(12)34-35-48(57-44(14)55)54(19,63-67(29-8,30-9)31-10)38-36-45(39-49(56)59-50)60-64(20,21)52(15,16)17/h32-35,37,42-43,45-48,50-51H,22-31,36,38-40H2,1-21H3/b35-34-,37-32+,41-33+/t42-,43+,45+,46-,47+,48-,50+,51+,53-,54+/m0/s1. The van der Waals surface area contributed by atoms with E-state index in [1.54, 1.807) is 0 Å². The highest BCUT2D eigenvalue weighted by Crippen LogP contribution is 2.44. The van der Waals surface area contributed by atoms with Crippen LogP contribution >= 0.6 is 0 Å². The maximum Gasteiger partial charge on any atom is 0.308 e. The van der Waals surface area contributed by atoms with Crippen LogP contribution in [0.4, 0.5) is 0 Å². The largest absolute Gasteiger partial charge is 0.457 e. The van der Waals surface area contributed by atoms with Crippen molar-refractivity contribution in [2.75, 3.05) is 0 Å². The molecule has 1 saturated heterocycles. The van der Waals surface area contributed by atoms with Gasteiger partial charge in [-0.3, -0.25) is 9.59 Å². The second-order valence-corrected chi connectivity index (χ2v) is 41.4. The van der Waals surface area contributed by atoms with Gasteiger partial charge in [0.15, 0.2) is 33.3 Å². The third-order valence-electron chi connectivity index (χ3n) is 16.9. The SMILES string of the molecule is CC[C@H](O[Si](CC)(CC)CC)[C@@H](C)[C@H]1O[C@@H]1C[C@](C)(/C=C/C=C(\C)[C@H]1OC(=O)C[C@H](O[Si](C)(C)C(C)(C)C)CC[C@@](C)(O[Si](CC)(CC)CC)[C@@H](OC(C)=O)/C=C\[C@@H]1C)O[Si](CC)(CC)CC. The van der Waals surface area contributed by atoms with E-state index in [9.17, 15) is 9.59 Å². The van der Waals surface area contributed by atoms with Gasteiger partial charge in [0.2, 0.25) is 0 Å². The zero-order valence-electron chi connectivity index (χ0n) is 47.1. The van der Waals surface area contributed by atoms with Gasteiger partial charge in [-0.15, -0.1) is 0 Å². The van der Waals surface area contributed by atoms with E-state index < -0.39 is 56.7 Å². The highest BCUT2D eigenvalue weighted by Gasteiger charge is 2.51. The number of rotatable bonds is 26. The smallest absolute Gasteiger partial charge is 0.308 e. The predicted octanol–water partition coefficient (Wildman–Crippen LogP) is 15.3. The quantitative estimate of drug-likeness (QED) is 0.0276. The molecule has 0 aromatic carbocycles. The molecule has 0 bridgehead atoms. The molecule has 0 N–H and O–H groups in total. The number of hydrogen-bond donors (Lipinski definition) is 0. The van der Waals surface area contributed by atoms with Gasteiger partial charge in [0, 0.05) is 31.3 Å². The molecule has 0 aliphatic carbocycles. The van der Waals surface area contributed by atoms with E-state index in [0.29, 0.717) is 18.8 Å². The maximum atomic E-state index is 14.3. The molecule has 0 radical (unpaired) electrons. The van der Waals surface area contributed by atoms with Gasteiger partial charge >= 0.3 is 11.9 Å². The van der Waals surface area contributed by atoms with E-state index in [1.165, 1.54) is 6.92 Å². The maximum absolute atomic E-state index is 14.3. The van der Waals surface area contributed by atoms with Crippen LogP contribution in [0.15, 0.2) is 36.0 Å². The molecular weight excluding hydrogens is 905 g/mol. The van der Waals surface area contributed by atoms with Gasteiger partial charge in [0.05, 0.1) is 35.9 Å². The van der Waals surface area contributed by atoms with Crippen molar-refractivity contribution in [3.8, 4) is 0 Å². The molecule has 67 heavy (non-hydrogen) atoms. The molecule has 1 fully saturated rings. The van der Waals surface area contributed by atoms with Gasteiger partial charge in [-0.1, -0.05) is 128 Å². The predicted molar refractivity (Wildman–Crippen MR) is 291 cm³/mol. The Labute approximate surface area is 416 Å². The molecule has 0 unspecified atom stereocenters. The Hall–Kier alpha value is -1.17. The van der Waals surface area contributed by atoms with Crippen molar-refractivity contribution >= 4 is 45.2 Å². The Morgan fingerprint density at radius 1 is 0.851 bits per heavy atom. The number of allylic oxidation sites excluding steroid dienone is 2. The number of esters is 2. The molecule has 9 nitrogen and oxygen atoms in total. The van der Waals surface area contributed by atoms with E-state index in [-0.39, 0.29) is 53.7 Å². The monoisotopic (exact) mass is 1010 g/mol. The van der Waals surface area contributed by atoms with Crippen molar-refractivity contribution in [3.63, 3.8) is 0 Å². The first kappa shape index (κ1) is 61.9. The lowest BCUT2D eigenvalue weighted by Crippen LogP contribution is -2.53. The van der Waals surface area contributed by atoms with E-state index in [2.05, 4.69) is 155 Å². The van der Waals surface area contributed by atoms with Gasteiger partial charge in [-0.25, -0.2) is 0 Å². The van der Waals surface area contributed by atoms with E-state index in [1.807, 2.05) is 13.0 Å². The summed E-state index contributed by atoms with van der Waals surface area (Å²) in [4.78, 5) is 27.1. The second-order valence-electron chi connectivity index (χ2n) is 22.5. The summed E-state index contributed by atoms with van der Waals surface area (Å²) in [6.45, 7) is 46.1. The Bertz CT molecular complexity index is 1590. The van der Waals surface area contributed by atoms with Gasteiger partial charge in [-0.2, -0.15) is 0 Å². The highest BCUT2D eigenvalue weighted by molar-refractivity contribution is 6.75. The molecule has 0 saturated carbocycles. The second kappa shape index (κ2) is 26.5. The fraction of sp³-hybridized carbons (Fsp3) is 0.852. The van der Waals surface area contributed by atoms with Crippen LogP contribution in [0.25, 0.3) is 0 Å². The molecular formula is C54H104O9Si4. The third kappa shape index (κ3) is 17.2. The lowest BCUT2D eigenvalue weighted by molar-refractivity contribution is -0.155. The van der Waals surface area contributed by atoms with Crippen LogP contribution in [-0.2, 0) is 41.5 Å². The van der Waals surface area contributed by atoms with Crippen LogP contribution < -0.4 is 0 Å². The summed E-state index contributed by atoms with van der Waals surface area (Å²) in [6, 6.07) is 9.45. The number of hydrogen-bond acceptors (Lipinski definition) is 9. The van der Waals surface area contributed by atoms with Crippen molar-refractivity contribution < 1.29 is 41.5 Å². The van der Waals surface area contributed by atoms with Gasteiger partial charge < -0.3 is 31.9 Å². The molecule has 0 aromatic heterocycles.